The van der Waals surface area contributed by atoms with E-state index in [0.717, 1.165) is 5.56 Å². The van der Waals surface area contributed by atoms with Gasteiger partial charge in [0.05, 0.1) is 33.3 Å². The average molecular weight is 481 g/mol. The zero-order valence-corrected chi connectivity index (χ0v) is 19.9. The van der Waals surface area contributed by atoms with E-state index in [1.165, 1.54) is 4.90 Å². The van der Waals surface area contributed by atoms with Gasteiger partial charge >= 0.3 is 6.03 Å². The summed E-state index contributed by atoms with van der Waals surface area (Å²) < 4.78 is 1.57. The highest BCUT2D eigenvalue weighted by Gasteiger charge is 2.24. The number of carbonyl (C=O) groups is 1. The summed E-state index contributed by atoms with van der Waals surface area (Å²) >= 11 is 12.2. The molecular formula is C25H22Cl2N4O2. The van der Waals surface area contributed by atoms with Gasteiger partial charge in [-0.3, -0.25) is 9.36 Å². The molecule has 4 aromatic rings. The molecule has 4 rings (SSSR count). The molecule has 0 saturated carbocycles. The molecule has 1 unspecified atom stereocenters. The molecule has 0 spiro atoms. The molecule has 1 aromatic heterocycles. The number of halogens is 2. The number of urea groups is 1. The lowest BCUT2D eigenvalue weighted by molar-refractivity contribution is 0.205. The molecule has 0 saturated heterocycles. The Bertz CT molecular complexity index is 1420. The summed E-state index contributed by atoms with van der Waals surface area (Å²) in [5.74, 6) is 0.448. The number of anilines is 1. The molecule has 1 N–H and O–H groups in total. The number of nitrogens with zero attached hydrogens (tertiary/aromatic N) is 3. The van der Waals surface area contributed by atoms with Crippen molar-refractivity contribution in [3.8, 4) is 5.69 Å². The normalized spacial score (nSPS) is 11.9. The molecule has 0 bridgehead atoms. The van der Waals surface area contributed by atoms with Crippen LogP contribution in [0.25, 0.3) is 16.6 Å². The SMILES string of the molecule is Cc1cccc(-n2c(C(C)N(C)C(=O)Nc3ccc(Cl)cc3Cl)nc3ccccc3c2=O)c1. The maximum absolute atomic E-state index is 13.5. The number of amides is 2. The third kappa shape index (κ3) is 4.58. The second-order valence-electron chi connectivity index (χ2n) is 7.81. The number of hydrogen-bond donors (Lipinski definition) is 1. The van der Waals surface area contributed by atoms with E-state index >= 15 is 0 Å². The second-order valence-corrected chi connectivity index (χ2v) is 8.65. The summed E-state index contributed by atoms with van der Waals surface area (Å²) in [5, 5.41) is 4.10. The molecule has 0 aliphatic rings. The molecular weight excluding hydrogens is 459 g/mol. The largest absolute Gasteiger partial charge is 0.322 e. The van der Waals surface area contributed by atoms with Gasteiger partial charge in [-0.05, 0) is 61.9 Å². The summed E-state index contributed by atoms with van der Waals surface area (Å²) in [7, 11) is 1.64. The second kappa shape index (κ2) is 9.25. The molecule has 6 nitrogen and oxygen atoms in total. The quantitative estimate of drug-likeness (QED) is 0.376. The van der Waals surface area contributed by atoms with E-state index in [1.807, 2.05) is 50.2 Å². The average Bonchev–Trinajstić information content (AvgIpc) is 2.79. The van der Waals surface area contributed by atoms with Crippen molar-refractivity contribution < 1.29 is 4.79 Å². The van der Waals surface area contributed by atoms with Crippen LogP contribution in [0.4, 0.5) is 10.5 Å². The van der Waals surface area contributed by atoms with E-state index in [4.69, 9.17) is 28.2 Å². The molecule has 8 heteroatoms. The Morgan fingerprint density at radius 3 is 2.55 bits per heavy atom. The first-order valence-electron chi connectivity index (χ1n) is 10.3. The third-order valence-electron chi connectivity index (χ3n) is 5.51. The van der Waals surface area contributed by atoms with Gasteiger partial charge in [0.25, 0.3) is 5.56 Å². The van der Waals surface area contributed by atoms with Crippen LogP contribution in [0, 0.1) is 6.92 Å². The van der Waals surface area contributed by atoms with E-state index < -0.39 is 12.1 Å². The lowest BCUT2D eigenvalue weighted by atomic mass is 10.1. The zero-order valence-electron chi connectivity index (χ0n) is 18.3. The van der Waals surface area contributed by atoms with Gasteiger partial charge in [0, 0.05) is 12.1 Å². The van der Waals surface area contributed by atoms with Gasteiger partial charge in [0.1, 0.15) is 5.82 Å². The molecule has 0 aliphatic heterocycles. The first-order chi connectivity index (χ1) is 15.8. The summed E-state index contributed by atoms with van der Waals surface area (Å²) in [5.41, 5.74) is 2.52. The van der Waals surface area contributed by atoms with Gasteiger partial charge < -0.3 is 10.2 Å². The Morgan fingerprint density at radius 2 is 1.82 bits per heavy atom. The van der Waals surface area contributed by atoms with Crippen molar-refractivity contribution in [2.75, 3.05) is 12.4 Å². The van der Waals surface area contributed by atoms with Crippen molar-refractivity contribution in [1.29, 1.82) is 0 Å². The highest BCUT2D eigenvalue weighted by Crippen LogP contribution is 2.27. The first-order valence-corrected chi connectivity index (χ1v) is 11.1. The Kier molecular flexibility index (Phi) is 6.40. The summed E-state index contributed by atoms with van der Waals surface area (Å²) in [4.78, 5) is 32.8. The minimum absolute atomic E-state index is 0.192. The summed E-state index contributed by atoms with van der Waals surface area (Å²) in [6.45, 7) is 3.79. The van der Waals surface area contributed by atoms with Crippen LogP contribution in [0.15, 0.2) is 71.5 Å². The maximum Gasteiger partial charge on any atom is 0.322 e. The topological polar surface area (TPSA) is 67.2 Å². The zero-order chi connectivity index (χ0) is 23.7. The van der Waals surface area contributed by atoms with Gasteiger partial charge in [-0.1, -0.05) is 47.5 Å². The van der Waals surface area contributed by atoms with Crippen molar-refractivity contribution in [2.45, 2.75) is 19.9 Å². The highest BCUT2D eigenvalue weighted by atomic mass is 35.5. The van der Waals surface area contributed by atoms with E-state index in [2.05, 4.69) is 5.32 Å². The highest BCUT2D eigenvalue weighted by molar-refractivity contribution is 6.36. The van der Waals surface area contributed by atoms with Crippen LogP contribution in [0.1, 0.15) is 24.4 Å². The van der Waals surface area contributed by atoms with E-state index in [-0.39, 0.29) is 5.56 Å². The molecule has 168 valence electrons. The van der Waals surface area contributed by atoms with Gasteiger partial charge in [-0.25, -0.2) is 9.78 Å². The molecule has 33 heavy (non-hydrogen) atoms. The summed E-state index contributed by atoms with van der Waals surface area (Å²) in [6.07, 6.45) is 0. The number of rotatable bonds is 4. The molecule has 3 aromatic carbocycles. The molecule has 0 aliphatic carbocycles. The number of para-hydroxylation sites is 1. The Balaban J connectivity index is 1.78. The van der Waals surface area contributed by atoms with Crippen molar-refractivity contribution >= 4 is 45.8 Å². The van der Waals surface area contributed by atoms with Gasteiger partial charge in [0.15, 0.2) is 0 Å². The van der Waals surface area contributed by atoms with E-state index in [9.17, 15) is 9.59 Å². The molecule has 2 amide bonds. The Morgan fingerprint density at radius 1 is 1.06 bits per heavy atom. The van der Waals surface area contributed by atoms with Crippen LogP contribution in [-0.4, -0.2) is 27.5 Å². The van der Waals surface area contributed by atoms with Crippen molar-refractivity contribution in [3.63, 3.8) is 0 Å². The lowest BCUT2D eigenvalue weighted by Crippen LogP contribution is -2.37. The van der Waals surface area contributed by atoms with Crippen LogP contribution >= 0.6 is 23.2 Å². The van der Waals surface area contributed by atoms with E-state index in [1.54, 1.807) is 41.9 Å². The number of fused-ring (bicyclic) bond motifs is 1. The number of aryl methyl sites for hydroxylation is 1. The van der Waals surface area contributed by atoms with Crippen LogP contribution in [-0.2, 0) is 0 Å². The number of aromatic nitrogens is 2. The molecule has 0 fully saturated rings. The fraction of sp³-hybridized carbons (Fsp3) is 0.160. The first kappa shape index (κ1) is 22.8. The lowest BCUT2D eigenvalue weighted by Gasteiger charge is -2.27. The number of carbonyl (C=O) groups excluding carboxylic acids is 1. The predicted octanol–water partition coefficient (Wildman–Crippen LogP) is 6.23. The van der Waals surface area contributed by atoms with Crippen LogP contribution in [0.5, 0.6) is 0 Å². The maximum atomic E-state index is 13.5. The Hall–Kier alpha value is -3.35. The molecule has 0 radical (unpaired) electrons. The fourth-order valence-corrected chi connectivity index (χ4v) is 4.05. The van der Waals surface area contributed by atoms with Gasteiger partial charge in [-0.15, -0.1) is 0 Å². The Labute approximate surface area is 201 Å². The van der Waals surface area contributed by atoms with E-state index in [0.29, 0.717) is 38.1 Å². The predicted molar refractivity (Wildman–Crippen MR) is 134 cm³/mol. The third-order valence-corrected chi connectivity index (χ3v) is 6.06. The van der Waals surface area contributed by atoms with Crippen LogP contribution < -0.4 is 10.9 Å². The minimum Gasteiger partial charge on any atom is -0.318 e. The van der Waals surface area contributed by atoms with Crippen molar-refractivity contribution in [1.82, 2.24) is 14.5 Å². The number of nitrogens with one attached hydrogen (secondary N) is 1. The standard InChI is InChI=1S/C25H22Cl2N4O2/c1-15-7-6-8-18(13-15)31-23(28-21-10-5-4-9-19(21)24(31)32)16(2)30(3)25(33)29-22-12-11-17(26)14-20(22)27/h4-14,16H,1-3H3,(H,29,33). The van der Waals surface area contributed by atoms with Crippen molar-refractivity contribution in [2.24, 2.45) is 0 Å². The fourth-order valence-electron chi connectivity index (χ4n) is 3.59. The van der Waals surface area contributed by atoms with Crippen LogP contribution in [0.3, 0.4) is 0 Å². The number of benzene rings is 3. The smallest absolute Gasteiger partial charge is 0.318 e. The van der Waals surface area contributed by atoms with Gasteiger partial charge in [0.2, 0.25) is 0 Å². The molecule has 1 heterocycles. The van der Waals surface area contributed by atoms with Gasteiger partial charge in [-0.2, -0.15) is 0 Å². The van der Waals surface area contributed by atoms with Crippen molar-refractivity contribution in [3.05, 3.63) is 98.5 Å². The monoisotopic (exact) mass is 480 g/mol. The van der Waals surface area contributed by atoms with Crippen LogP contribution in [0.2, 0.25) is 10.0 Å². The number of hydrogen-bond acceptors (Lipinski definition) is 3. The summed E-state index contributed by atoms with van der Waals surface area (Å²) in [6, 6.07) is 18.7. The minimum atomic E-state index is -0.533. The molecule has 1 atom stereocenters.